The summed E-state index contributed by atoms with van der Waals surface area (Å²) in [5.41, 5.74) is 14.7. The third-order valence-electron chi connectivity index (χ3n) is 18.1. The van der Waals surface area contributed by atoms with Gasteiger partial charge in [0.15, 0.2) is 0 Å². The number of nitrogens with zero attached hydrogens (tertiary/aromatic N) is 6. The Morgan fingerprint density at radius 1 is 0.467 bits per heavy atom. The van der Waals surface area contributed by atoms with Crippen molar-refractivity contribution < 1.29 is 133 Å². The number of alkyl halides is 6. The molecule has 6 aromatic carbocycles. The van der Waals surface area contributed by atoms with Crippen molar-refractivity contribution in [2.75, 3.05) is 31.9 Å². The molecule has 0 aliphatic carbocycles. The van der Waals surface area contributed by atoms with E-state index in [0.29, 0.717) is 114 Å². The zero-order valence-electron chi connectivity index (χ0n) is 75.9. The number of nitrogens with one attached hydrogen (secondary N) is 7. The van der Waals surface area contributed by atoms with Gasteiger partial charge in [-0.15, -0.1) is 34.0 Å². The van der Waals surface area contributed by atoms with Crippen LogP contribution in [-0.2, 0) is 61.1 Å². The number of carboxylic acid groups (broad SMARTS) is 1. The molecule has 6 amide bonds. The fraction of sp³-hybridized carbons (Fsp3) is 0.255. The van der Waals surface area contributed by atoms with E-state index in [2.05, 4.69) is 160 Å². The maximum Gasteiger partial charge on any atom is 1.00 e. The molecule has 30 nitrogen and oxygen atoms in total. The van der Waals surface area contributed by atoms with E-state index < -0.39 is 78.6 Å². The van der Waals surface area contributed by atoms with Crippen LogP contribution >= 0.6 is 34.0 Å². The number of carbonyl (C=O) groups excluding carboxylic acids is 10. The number of aliphatic hydroxyl groups is 1. The molecule has 6 aromatic heterocycles. The Morgan fingerprint density at radius 2 is 0.785 bits per heavy atom. The maximum atomic E-state index is 13.1. The van der Waals surface area contributed by atoms with Gasteiger partial charge in [-0.05, 0) is 215 Å². The molecular weight excluding hydrogens is 1830 g/mol. The van der Waals surface area contributed by atoms with Crippen molar-refractivity contribution in [1.82, 2.24) is 34.0 Å². The van der Waals surface area contributed by atoms with Crippen molar-refractivity contribution in [2.45, 2.75) is 148 Å². The fourth-order valence-corrected chi connectivity index (χ4v) is 13.0. The van der Waals surface area contributed by atoms with Crippen LogP contribution in [0.15, 0.2) is 164 Å². The number of aliphatic carboxylic acids is 1. The Labute approximate surface area is 808 Å². The van der Waals surface area contributed by atoms with E-state index in [-0.39, 0.29) is 100 Å². The molecule has 12 rings (SSSR count). The standard InChI is InChI=1S/C30H31F2N5O2S.C24H18F2N4O3S.C24H16F2N4O3S.C6H15N.C4H6O4.C4H4O2.C2H3BO2.Na/c1-6-8-26(38)34-20-9-7-10-21(16-20)37-23-12-11-19(17-33-18(2)30(3,4)5)15-22(23)35-29(37)36-28(39)25-14-13-24(40-25)27(31)32;2*1-2-4-21(32)27-15-5-3-6-16(12-15)30-18-8-7-14(13-31)11-17(18)28-24(30)29-23(33)20-10-9-19(34-20)22(25)26;1-5(7)6(2,3)4;1-3(5)7-8-4(2)6;1-2-3-4(5)6;1-2(4)5-3;/h7,9-16,18,27,33H,17H2,1-5H3,(H,34,38)(H,35,36,39);3,5-12,22,31H,13H2,1H3,(H,27,32)(H,28,29,33);3,5-13,22H,1H3,(H,27,32)(H,28,29,33);5H,7H2,1-4H3;1-2H3;1H3,(H,5,6);1H3;/q;;;;;;-1;+1/t18-;;;5-;;;;/m0..0..../s1. The van der Waals surface area contributed by atoms with Gasteiger partial charge in [-0.3, -0.25) is 68.0 Å². The molecule has 0 aliphatic heterocycles. The second-order valence-electron chi connectivity index (χ2n) is 30.1. The number of hydrogen-bond acceptors (Lipinski definition) is 23. The Kier molecular flexibility index (Phi) is 44.3. The summed E-state index contributed by atoms with van der Waals surface area (Å²) in [5, 5.41) is 37.0. The maximum absolute atomic E-state index is 13.1. The van der Waals surface area contributed by atoms with E-state index in [1.807, 2.05) is 37.1 Å². The predicted octanol–water partition coefficient (Wildman–Crippen LogP) is 14.7. The Balaban J connectivity index is 0.000000314. The van der Waals surface area contributed by atoms with Crippen LogP contribution in [0.1, 0.15) is 188 Å². The van der Waals surface area contributed by atoms with Gasteiger partial charge in [0.2, 0.25) is 23.8 Å². The summed E-state index contributed by atoms with van der Waals surface area (Å²) in [4.78, 5) is 145. The summed E-state index contributed by atoms with van der Waals surface area (Å²) in [5.74, 6) is 13.5. The minimum atomic E-state index is -2.67. The van der Waals surface area contributed by atoms with E-state index >= 15 is 0 Å². The molecule has 0 spiro atoms. The third-order valence-corrected chi connectivity index (χ3v) is 21.3. The van der Waals surface area contributed by atoms with E-state index in [0.717, 1.165) is 36.3 Å². The average molecular weight is 1920 g/mol. The number of amides is 6. The first-order chi connectivity index (χ1) is 63.3. The molecule has 2 atom stereocenters. The summed E-state index contributed by atoms with van der Waals surface area (Å²) in [6.45, 7) is 27.2. The number of thiophene rings is 3. The second kappa shape index (κ2) is 53.6. The van der Waals surface area contributed by atoms with E-state index in [4.69, 9.17) is 15.8 Å². The molecule has 6 heterocycles. The summed E-state index contributed by atoms with van der Waals surface area (Å²) in [6, 6.07) is 44.8. The smallest absolute Gasteiger partial charge is 0.793 e. The number of aromatic nitrogens is 6. The Morgan fingerprint density at radius 3 is 1.05 bits per heavy atom. The van der Waals surface area contributed by atoms with Gasteiger partial charge in [-0.2, -0.15) is 0 Å². The number of benzene rings is 6. The molecule has 11 N–H and O–H groups in total. The van der Waals surface area contributed by atoms with E-state index in [1.54, 1.807) is 138 Å². The predicted molar refractivity (Wildman–Crippen MR) is 503 cm³/mol. The molecule has 135 heavy (non-hydrogen) atoms. The van der Waals surface area contributed by atoms with Gasteiger partial charge in [-0.1, -0.05) is 95.6 Å². The Bertz CT molecular complexity index is 6510. The number of fused-ring (bicyclic) bond motifs is 3. The third kappa shape index (κ3) is 35.1. The number of carbonyl (C=O) groups is 11. The van der Waals surface area contributed by atoms with Gasteiger partial charge < -0.3 is 49.9 Å². The van der Waals surface area contributed by atoms with Crippen LogP contribution < -0.4 is 72.5 Å². The molecule has 699 valence electrons. The summed E-state index contributed by atoms with van der Waals surface area (Å²) in [7, 11) is 4.32. The van der Waals surface area contributed by atoms with Crippen molar-refractivity contribution >= 4 is 176 Å². The van der Waals surface area contributed by atoms with Gasteiger partial charge in [0.1, 0.15) is 6.29 Å². The summed E-state index contributed by atoms with van der Waals surface area (Å²) < 4.78 is 86.6. The van der Waals surface area contributed by atoms with Crippen molar-refractivity contribution in [2.24, 2.45) is 16.6 Å². The van der Waals surface area contributed by atoms with Crippen molar-refractivity contribution in [3.05, 3.63) is 210 Å². The number of imidazole rings is 3. The largest absolute Gasteiger partial charge is 1.00 e. The second-order valence-corrected chi connectivity index (χ2v) is 33.4. The zero-order valence-corrected chi connectivity index (χ0v) is 80.4. The van der Waals surface area contributed by atoms with Crippen molar-refractivity contribution in [3.8, 4) is 64.4 Å². The van der Waals surface area contributed by atoms with E-state index in [1.165, 1.54) is 50.2 Å². The van der Waals surface area contributed by atoms with E-state index in [9.17, 15) is 84.2 Å². The number of rotatable bonds is 20. The SMILES string of the molecule is CC#CC(=O)Nc1cccc(-n2c(NC(=O)c3ccc(C(F)F)s3)nc3cc(C=O)ccc32)c1.CC#CC(=O)Nc1cccc(-n2c(NC(=O)c3ccc(C(F)F)s3)nc3cc(CN[C@@H](C)C(C)(C)C)ccc32)c1.CC#CC(=O)Nc1cccc(-n2c(NC(=O)c3ccc(C(F)F)s3)nc3cc(CO)ccc32)c1.CC#CC(=O)O.CC(=O)OOC(C)=O.C[C@H](N)C(C)(C)C.[B-]OC(C)=O.[Na+]. The number of carboxylic acids is 1. The van der Waals surface area contributed by atoms with Crippen molar-refractivity contribution in [1.29, 1.82) is 0 Å². The molecule has 0 fully saturated rings. The molecule has 0 saturated carbocycles. The Hall–Kier alpha value is -14.0. The van der Waals surface area contributed by atoms with Crippen LogP contribution in [0.5, 0.6) is 0 Å². The first-order valence-corrected chi connectivity index (χ1v) is 42.4. The van der Waals surface area contributed by atoms with Gasteiger partial charge >= 0.3 is 47.5 Å². The van der Waals surface area contributed by atoms with Crippen LogP contribution in [0, 0.1) is 58.2 Å². The van der Waals surface area contributed by atoms with Crippen LogP contribution in [0.2, 0.25) is 0 Å². The number of nitrogens with two attached hydrogens (primary N) is 1. The van der Waals surface area contributed by atoms with Gasteiger partial charge in [0.05, 0.1) is 86.0 Å². The molecule has 0 aliphatic rings. The van der Waals surface area contributed by atoms with Crippen LogP contribution in [0.25, 0.3) is 50.2 Å². The minimum Gasteiger partial charge on any atom is -0.793 e. The van der Waals surface area contributed by atoms with Gasteiger partial charge in [0, 0.05) is 67.9 Å². The van der Waals surface area contributed by atoms with Crippen LogP contribution in [0.3, 0.4) is 0 Å². The summed E-state index contributed by atoms with van der Waals surface area (Å²) >= 11 is 2.13. The topological polar surface area (TPSA) is 420 Å². The normalized spacial score (nSPS) is 10.8. The molecule has 0 saturated heterocycles. The number of aliphatic hydroxyl groups excluding tert-OH is 1. The molecule has 0 bridgehead atoms. The first-order valence-electron chi connectivity index (χ1n) is 39.9. The number of anilines is 6. The summed E-state index contributed by atoms with van der Waals surface area (Å²) in [6.07, 6.45) is -7.31. The molecule has 12 aromatic rings. The zero-order chi connectivity index (χ0) is 99.4. The van der Waals surface area contributed by atoms with Crippen LogP contribution in [-0.4, -0.2) is 125 Å². The monoisotopic (exact) mass is 1920 g/mol. The number of aldehydes is 1. The van der Waals surface area contributed by atoms with Gasteiger partial charge in [0.25, 0.3) is 54.7 Å². The number of hydrogen-bond donors (Lipinski definition) is 10. The number of halogens is 6. The molecule has 41 heteroatoms. The van der Waals surface area contributed by atoms with Crippen LogP contribution in [0.4, 0.5) is 61.2 Å². The average Bonchev–Trinajstić information content (AvgIpc) is 1.63. The molecule has 3 radical (unpaired) electrons. The first kappa shape index (κ1) is 111. The fourth-order valence-electron chi connectivity index (χ4n) is 10.7. The molecule has 0 unspecified atom stereocenters. The van der Waals surface area contributed by atoms with Crippen molar-refractivity contribution in [3.63, 3.8) is 0 Å². The minimum absolute atomic E-state index is 0. The van der Waals surface area contributed by atoms with Gasteiger partial charge in [-0.25, -0.2) is 65.5 Å². The quantitative estimate of drug-likeness (QED) is 0.00846. The molecular formula is C94H93BF6N14NaO16S3.